The minimum atomic E-state index is -0.445. The van der Waals surface area contributed by atoms with Gasteiger partial charge in [0.15, 0.2) is 0 Å². The van der Waals surface area contributed by atoms with Gasteiger partial charge in [-0.05, 0) is 38.1 Å². The molecule has 8 heteroatoms. The van der Waals surface area contributed by atoms with Gasteiger partial charge in [0.1, 0.15) is 5.82 Å². The molecule has 0 saturated carbocycles. The number of para-hydroxylation sites is 2. The van der Waals surface area contributed by atoms with Crippen molar-refractivity contribution >= 4 is 34.4 Å². The summed E-state index contributed by atoms with van der Waals surface area (Å²) in [5, 5.41) is 13.3. The zero-order valence-electron chi connectivity index (χ0n) is 14.3. The molecule has 26 heavy (non-hydrogen) atoms. The van der Waals surface area contributed by atoms with Crippen LogP contribution in [0, 0.1) is 10.1 Å². The number of nitrogens with zero attached hydrogens (tertiary/aromatic N) is 2. The average Bonchev–Trinajstić information content (AvgIpc) is 3.06. The fraction of sp³-hybridized carbons (Fsp3) is 0.222. The van der Waals surface area contributed by atoms with Crippen LogP contribution in [0.25, 0.3) is 11.0 Å². The number of aromatic nitrogens is 2. The second-order valence-corrected chi connectivity index (χ2v) is 7.29. The minimum absolute atomic E-state index is 0.0324. The van der Waals surface area contributed by atoms with Crippen molar-refractivity contribution in [3.63, 3.8) is 0 Å². The molecule has 134 valence electrons. The maximum atomic E-state index is 12.4. The molecular weight excluding hydrogens is 352 g/mol. The zero-order chi connectivity index (χ0) is 18.7. The molecule has 1 heterocycles. The zero-order valence-corrected chi connectivity index (χ0v) is 15.1. The molecule has 1 aromatic heterocycles. The lowest BCUT2D eigenvalue weighted by molar-refractivity contribution is -0.384. The molecule has 3 aromatic rings. The smallest absolute Gasteiger partial charge is 0.269 e. The van der Waals surface area contributed by atoms with E-state index in [1.54, 1.807) is 19.1 Å². The Balaban J connectivity index is 1.61. The molecule has 0 saturated heterocycles. The topological polar surface area (TPSA) is 101 Å². The third kappa shape index (κ3) is 4.02. The lowest BCUT2D eigenvalue weighted by Crippen LogP contribution is -2.33. The molecule has 0 bridgehead atoms. The number of amides is 1. The maximum absolute atomic E-state index is 12.4. The van der Waals surface area contributed by atoms with Gasteiger partial charge in [0.25, 0.3) is 5.69 Å². The van der Waals surface area contributed by atoms with Crippen LogP contribution >= 0.6 is 11.8 Å². The van der Waals surface area contributed by atoms with Gasteiger partial charge in [-0.25, -0.2) is 4.98 Å². The number of thioether (sulfide) groups is 1. The number of nitrogens with one attached hydrogen (secondary N) is 2. The van der Waals surface area contributed by atoms with Crippen molar-refractivity contribution in [2.45, 2.75) is 30.0 Å². The van der Waals surface area contributed by atoms with E-state index in [2.05, 4.69) is 15.3 Å². The van der Waals surface area contributed by atoms with Gasteiger partial charge in [-0.1, -0.05) is 12.1 Å². The van der Waals surface area contributed by atoms with Gasteiger partial charge < -0.3 is 10.3 Å². The highest BCUT2D eigenvalue weighted by Crippen LogP contribution is 2.26. The highest BCUT2D eigenvalue weighted by atomic mass is 32.2. The van der Waals surface area contributed by atoms with Crippen molar-refractivity contribution in [2.75, 3.05) is 0 Å². The number of non-ortho nitro benzene ring substituents is 1. The van der Waals surface area contributed by atoms with Crippen LogP contribution in [0.5, 0.6) is 0 Å². The van der Waals surface area contributed by atoms with Gasteiger partial charge in [0, 0.05) is 17.0 Å². The maximum Gasteiger partial charge on any atom is 0.269 e. The average molecular weight is 370 g/mol. The predicted octanol–water partition coefficient (Wildman–Crippen LogP) is 3.83. The predicted molar refractivity (Wildman–Crippen MR) is 101 cm³/mol. The first kappa shape index (κ1) is 17.9. The van der Waals surface area contributed by atoms with Crippen LogP contribution in [-0.2, 0) is 4.79 Å². The van der Waals surface area contributed by atoms with Gasteiger partial charge in [0.2, 0.25) is 5.91 Å². The number of fused-ring (bicyclic) bond motifs is 1. The quantitative estimate of drug-likeness (QED) is 0.390. The number of aromatic amines is 1. The lowest BCUT2D eigenvalue weighted by Gasteiger charge is -2.16. The van der Waals surface area contributed by atoms with Crippen molar-refractivity contribution < 1.29 is 9.72 Å². The van der Waals surface area contributed by atoms with Gasteiger partial charge in [-0.2, -0.15) is 0 Å². The van der Waals surface area contributed by atoms with Crippen molar-refractivity contribution in [1.29, 1.82) is 0 Å². The second-order valence-electron chi connectivity index (χ2n) is 5.88. The van der Waals surface area contributed by atoms with E-state index in [9.17, 15) is 14.9 Å². The number of nitro benzene ring substituents is 1. The molecule has 2 aromatic carbocycles. The van der Waals surface area contributed by atoms with Crippen LogP contribution in [0.2, 0.25) is 0 Å². The number of carbonyl (C=O) groups excluding carboxylic acids is 1. The summed E-state index contributed by atoms with van der Waals surface area (Å²) in [6.45, 7) is 3.67. The molecule has 2 atom stereocenters. The Hall–Kier alpha value is -2.87. The molecule has 0 aliphatic heterocycles. The fourth-order valence-electron chi connectivity index (χ4n) is 2.48. The van der Waals surface area contributed by atoms with Crippen LogP contribution < -0.4 is 5.32 Å². The van der Waals surface area contributed by atoms with Crippen LogP contribution in [0.3, 0.4) is 0 Å². The Labute approximate surface area is 154 Å². The van der Waals surface area contributed by atoms with E-state index >= 15 is 0 Å². The molecular formula is C18H18N4O3S. The van der Waals surface area contributed by atoms with Crippen molar-refractivity contribution in [3.8, 4) is 0 Å². The largest absolute Gasteiger partial charge is 0.345 e. The van der Waals surface area contributed by atoms with Crippen molar-refractivity contribution in [2.24, 2.45) is 0 Å². The van der Waals surface area contributed by atoms with E-state index in [1.165, 1.54) is 23.9 Å². The number of carbonyl (C=O) groups is 1. The van der Waals surface area contributed by atoms with Crippen LogP contribution in [0.1, 0.15) is 25.7 Å². The SMILES string of the molecule is C[C@H](Sc1ccc([N+](=O)[O-])cc1)C(=O)N[C@H](C)c1nc2ccccc2[nH]1. The Morgan fingerprint density at radius 3 is 2.54 bits per heavy atom. The van der Waals surface area contributed by atoms with Crippen molar-refractivity contribution in [1.82, 2.24) is 15.3 Å². The summed E-state index contributed by atoms with van der Waals surface area (Å²) in [4.78, 5) is 31.2. The minimum Gasteiger partial charge on any atom is -0.345 e. The summed E-state index contributed by atoms with van der Waals surface area (Å²) in [6, 6.07) is 13.6. The van der Waals surface area contributed by atoms with Gasteiger partial charge in [-0.15, -0.1) is 11.8 Å². The van der Waals surface area contributed by atoms with Crippen LogP contribution in [-0.4, -0.2) is 26.0 Å². The third-order valence-corrected chi connectivity index (χ3v) is 5.02. The summed E-state index contributed by atoms with van der Waals surface area (Å²) >= 11 is 1.35. The van der Waals surface area contributed by atoms with E-state index in [0.29, 0.717) is 5.82 Å². The monoisotopic (exact) mass is 370 g/mol. The Morgan fingerprint density at radius 1 is 1.19 bits per heavy atom. The van der Waals surface area contributed by atoms with Gasteiger partial charge >= 0.3 is 0 Å². The Bertz CT molecular complexity index is 906. The molecule has 0 fully saturated rings. The summed E-state index contributed by atoms with van der Waals surface area (Å²) in [5.41, 5.74) is 1.82. The summed E-state index contributed by atoms with van der Waals surface area (Å²) in [6.07, 6.45) is 0. The standard InChI is InChI=1S/C18H18N4O3S/c1-11(17-20-15-5-3-4-6-16(15)21-17)19-18(23)12(2)26-14-9-7-13(8-10-14)22(24)25/h3-12H,1-2H3,(H,19,23)(H,20,21)/t11-,12+/m1/s1. The summed E-state index contributed by atoms with van der Waals surface area (Å²) < 4.78 is 0. The number of H-pyrrole nitrogens is 1. The van der Waals surface area contributed by atoms with Crippen molar-refractivity contribution in [3.05, 3.63) is 64.5 Å². The molecule has 0 unspecified atom stereocenters. The molecule has 0 spiro atoms. The molecule has 7 nitrogen and oxygen atoms in total. The number of benzene rings is 2. The van der Waals surface area contributed by atoms with E-state index in [0.717, 1.165) is 15.9 Å². The first-order valence-electron chi connectivity index (χ1n) is 8.10. The number of rotatable bonds is 6. The normalized spacial score (nSPS) is 13.3. The van der Waals surface area contributed by atoms with Gasteiger partial charge in [0.05, 0.1) is 27.2 Å². The summed E-state index contributed by atoms with van der Waals surface area (Å²) in [5.74, 6) is 0.577. The van der Waals surface area contributed by atoms with E-state index in [1.807, 2.05) is 31.2 Å². The number of hydrogen-bond donors (Lipinski definition) is 2. The Morgan fingerprint density at radius 2 is 1.88 bits per heavy atom. The lowest BCUT2D eigenvalue weighted by atomic mass is 10.3. The summed E-state index contributed by atoms with van der Waals surface area (Å²) in [7, 11) is 0. The number of nitro groups is 1. The fourth-order valence-corrected chi connectivity index (χ4v) is 3.36. The molecule has 1 amide bonds. The first-order chi connectivity index (χ1) is 12.4. The highest BCUT2D eigenvalue weighted by molar-refractivity contribution is 8.00. The van der Waals surface area contributed by atoms with E-state index < -0.39 is 4.92 Å². The number of hydrogen-bond acceptors (Lipinski definition) is 5. The molecule has 2 N–H and O–H groups in total. The van der Waals surface area contributed by atoms with Crippen LogP contribution in [0.15, 0.2) is 53.4 Å². The highest BCUT2D eigenvalue weighted by Gasteiger charge is 2.19. The van der Waals surface area contributed by atoms with Gasteiger partial charge in [-0.3, -0.25) is 14.9 Å². The second kappa shape index (κ2) is 7.57. The third-order valence-electron chi connectivity index (χ3n) is 3.91. The number of imidazole rings is 1. The van der Waals surface area contributed by atoms with Crippen LogP contribution in [0.4, 0.5) is 5.69 Å². The molecule has 0 aliphatic rings. The first-order valence-corrected chi connectivity index (χ1v) is 8.98. The molecule has 0 aliphatic carbocycles. The molecule has 0 radical (unpaired) electrons. The van der Waals surface area contributed by atoms with E-state index in [4.69, 9.17) is 0 Å². The Kier molecular flexibility index (Phi) is 5.22. The van der Waals surface area contributed by atoms with E-state index in [-0.39, 0.29) is 22.9 Å². The molecule has 3 rings (SSSR count).